The third kappa shape index (κ3) is 3.62. The predicted octanol–water partition coefficient (Wildman–Crippen LogP) is 2.00. The smallest absolute Gasteiger partial charge is 0.257 e. The lowest BCUT2D eigenvalue weighted by atomic mass is 10.2. The summed E-state index contributed by atoms with van der Waals surface area (Å²) >= 11 is 0. The van der Waals surface area contributed by atoms with Crippen molar-refractivity contribution in [2.24, 2.45) is 0 Å². The average Bonchev–Trinajstić information content (AvgIpc) is 3.28. The Morgan fingerprint density at radius 3 is 2.90 bits per heavy atom. The van der Waals surface area contributed by atoms with Gasteiger partial charge < -0.3 is 15.6 Å². The highest BCUT2D eigenvalue weighted by atomic mass is 16.1. The largest absolute Gasteiger partial charge is 0.372 e. The molecular weight excluding hydrogens is 266 g/mol. The fourth-order valence-corrected chi connectivity index (χ4v) is 2.31. The van der Waals surface area contributed by atoms with Crippen molar-refractivity contribution >= 4 is 22.5 Å². The Morgan fingerprint density at radius 2 is 2.10 bits per heavy atom. The number of pyridine rings is 1. The van der Waals surface area contributed by atoms with Crippen LogP contribution < -0.4 is 16.2 Å². The number of hydrogen-bond donors (Lipinski definition) is 3. The molecule has 5 nitrogen and oxygen atoms in total. The summed E-state index contributed by atoms with van der Waals surface area (Å²) in [6.07, 6.45) is 3.49. The Labute approximate surface area is 122 Å². The first kappa shape index (κ1) is 13.7. The molecule has 3 N–H and O–H groups in total. The SMILES string of the molecule is O=C(CCCNc1cc2ccccc2c(=O)[nH]1)NC1CC1. The second-order valence-corrected chi connectivity index (χ2v) is 5.47. The van der Waals surface area contributed by atoms with E-state index in [2.05, 4.69) is 15.6 Å². The Kier molecular flexibility index (Phi) is 3.90. The van der Waals surface area contributed by atoms with E-state index < -0.39 is 0 Å². The number of carbonyl (C=O) groups is 1. The minimum absolute atomic E-state index is 0.0953. The molecule has 1 fully saturated rings. The molecule has 1 aromatic heterocycles. The molecule has 5 heteroatoms. The maximum absolute atomic E-state index is 11.9. The summed E-state index contributed by atoms with van der Waals surface area (Å²) in [4.78, 5) is 26.3. The average molecular weight is 285 g/mol. The molecule has 0 radical (unpaired) electrons. The van der Waals surface area contributed by atoms with Crippen LogP contribution in [0.2, 0.25) is 0 Å². The number of nitrogens with one attached hydrogen (secondary N) is 3. The minimum Gasteiger partial charge on any atom is -0.372 e. The van der Waals surface area contributed by atoms with E-state index in [4.69, 9.17) is 0 Å². The monoisotopic (exact) mass is 285 g/mol. The van der Waals surface area contributed by atoms with Crippen LogP contribution in [0.5, 0.6) is 0 Å². The lowest BCUT2D eigenvalue weighted by molar-refractivity contribution is -0.121. The number of aromatic amines is 1. The highest BCUT2D eigenvalue weighted by Crippen LogP contribution is 2.18. The third-order valence-corrected chi connectivity index (χ3v) is 3.59. The van der Waals surface area contributed by atoms with Gasteiger partial charge in [-0.2, -0.15) is 0 Å². The van der Waals surface area contributed by atoms with E-state index in [0.29, 0.717) is 30.2 Å². The van der Waals surface area contributed by atoms with Crippen molar-refractivity contribution in [3.8, 4) is 0 Å². The Balaban J connectivity index is 1.53. The van der Waals surface area contributed by atoms with Crippen LogP contribution in [0.4, 0.5) is 5.82 Å². The maximum atomic E-state index is 11.9. The van der Waals surface area contributed by atoms with E-state index in [-0.39, 0.29) is 11.5 Å². The number of rotatable bonds is 6. The Hall–Kier alpha value is -2.30. The number of fused-ring (bicyclic) bond motifs is 1. The zero-order valence-electron chi connectivity index (χ0n) is 11.8. The van der Waals surface area contributed by atoms with Crippen LogP contribution in [-0.2, 0) is 4.79 Å². The molecule has 1 aliphatic rings. The molecule has 0 spiro atoms. The van der Waals surface area contributed by atoms with Gasteiger partial charge in [0.25, 0.3) is 5.56 Å². The van der Waals surface area contributed by atoms with Crippen molar-refractivity contribution in [1.82, 2.24) is 10.3 Å². The van der Waals surface area contributed by atoms with Crippen LogP contribution in [0.25, 0.3) is 10.8 Å². The van der Waals surface area contributed by atoms with Crippen LogP contribution in [0.15, 0.2) is 35.1 Å². The lowest BCUT2D eigenvalue weighted by Crippen LogP contribution is -2.25. The first-order valence-corrected chi connectivity index (χ1v) is 7.38. The molecule has 1 saturated carbocycles. The van der Waals surface area contributed by atoms with Crippen LogP contribution >= 0.6 is 0 Å². The van der Waals surface area contributed by atoms with Crippen molar-refractivity contribution < 1.29 is 4.79 Å². The predicted molar refractivity (Wildman–Crippen MR) is 83.5 cm³/mol. The molecule has 3 rings (SSSR count). The highest BCUT2D eigenvalue weighted by Gasteiger charge is 2.22. The fourth-order valence-electron chi connectivity index (χ4n) is 2.31. The van der Waals surface area contributed by atoms with Gasteiger partial charge in [0.2, 0.25) is 5.91 Å². The summed E-state index contributed by atoms with van der Waals surface area (Å²) in [6, 6.07) is 9.82. The van der Waals surface area contributed by atoms with E-state index in [1.807, 2.05) is 24.3 Å². The quantitative estimate of drug-likeness (QED) is 0.711. The van der Waals surface area contributed by atoms with Gasteiger partial charge in [0.05, 0.1) is 0 Å². The normalized spacial score (nSPS) is 14.1. The van der Waals surface area contributed by atoms with E-state index in [0.717, 1.165) is 24.6 Å². The van der Waals surface area contributed by atoms with Gasteiger partial charge in [-0.3, -0.25) is 9.59 Å². The number of hydrogen-bond acceptors (Lipinski definition) is 3. The molecule has 0 unspecified atom stereocenters. The van der Waals surface area contributed by atoms with Gasteiger partial charge in [-0.25, -0.2) is 0 Å². The molecule has 0 atom stereocenters. The Bertz CT molecular complexity index is 704. The van der Waals surface area contributed by atoms with Gasteiger partial charge in [0.1, 0.15) is 5.82 Å². The zero-order chi connectivity index (χ0) is 14.7. The number of aromatic nitrogens is 1. The van der Waals surface area contributed by atoms with E-state index in [1.54, 1.807) is 6.07 Å². The third-order valence-electron chi connectivity index (χ3n) is 3.59. The van der Waals surface area contributed by atoms with Crippen molar-refractivity contribution in [3.05, 3.63) is 40.7 Å². The van der Waals surface area contributed by atoms with Gasteiger partial charge in [-0.15, -0.1) is 0 Å². The molecule has 1 aliphatic carbocycles. The summed E-state index contributed by atoms with van der Waals surface area (Å²) in [5.41, 5.74) is -0.0953. The Morgan fingerprint density at radius 1 is 1.29 bits per heavy atom. The molecule has 1 heterocycles. The van der Waals surface area contributed by atoms with E-state index in [9.17, 15) is 9.59 Å². The maximum Gasteiger partial charge on any atom is 0.257 e. The highest BCUT2D eigenvalue weighted by molar-refractivity contribution is 5.83. The summed E-state index contributed by atoms with van der Waals surface area (Å²) in [6.45, 7) is 0.659. The van der Waals surface area contributed by atoms with Gasteiger partial charge in [0, 0.05) is 24.4 Å². The second-order valence-electron chi connectivity index (χ2n) is 5.47. The lowest BCUT2D eigenvalue weighted by Gasteiger charge is -2.07. The molecule has 2 aromatic rings. The molecule has 21 heavy (non-hydrogen) atoms. The molecule has 0 bridgehead atoms. The fraction of sp³-hybridized carbons (Fsp3) is 0.375. The zero-order valence-corrected chi connectivity index (χ0v) is 11.8. The first-order valence-electron chi connectivity index (χ1n) is 7.38. The standard InChI is InChI=1S/C16H19N3O2/c20-15(18-12-7-8-12)6-3-9-17-14-10-11-4-1-2-5-13(11)16(21)19-14/h1-2,4-5,10,12H,3,6-9H2,(H,18,20)(H2,17,19,21). The number of amides is 1. The van der Waals surface area contributed by atoms with Crippen LogP contribution in [0.1, 0.15) is 25.7 Å². The number of anilines is 1. The molecule has 0 aliphatic heterocycles. The van der Waals surface area contributed by atoms with Crippen LogP contribution in [0.3, 0.4) is 0 Å². The topological polar surface area (TPSA) is 74.0 Å². The molecule has 110 valence electrons. The summed E-state index contributed by atoms with van der Waals surface area (Å²) in [5.74, 6) is 0.813. The van der Waals surface area contributed by atoms with Gasteiger partial charge >= 0.3 is 0 Å². The van der Waals surface area contributed by atoms with Crippen molar-refractivity contribution in [3.63, 3.8) is 0 Å². The number of H-pyrrole nitrogens is 1. The van der Waals surface area contributed by atoms with Crippen molar-refractivity contribution in [2.75, 3.05) is 11.9 Å². The summed E-state index contributed by atoms with van der Waals surface area (Å²) in [7, 11) is 0. The first-order chi connectivity index (χ1) is 10.2. The minimum atomic E-state index is -0.0953. The van der Waals surface area contributed by atoms with Crippen LogP contribution in [-0.4, -0.2) is 23.5 Å². The van der Waals surface area contributed by atoms with Crippen molar-refractivity contribution in [1.29, 1.82) is 0 Å². The van der Waals surface area contributed by atoms with Gasteiger partial charge in [-0.05, 0) is 36.8 Å². The van der Waals surface area contributed by atoms with Crippen LogP contribution in [0, 0.1) is 0 Å². The van der Waals surface area contributed by atoms with Crippen molar-refractivity contribution in [2.45, 2.75) is 31.7 Å². The summed E-state index contributed by atoms with van der Waals surface area (Å²) in [5, 5.41) is 7.73. The molecule has 1 aromatic carbocycles. The summed E-state index contributed by atoms with van der Waals surface area (Å²) < 4.78 is 0. The molecule has 0 saturated heterocycles. The number of benzene rings is 1. The molecule has 1 amide bonds. The van der Waals surface area contributed by atoms with Gasteiger partial charge in [-0.1, -0.05) is 18.2 Å². The number of carbonyl (C=O) groups excluding carboxylic acids is 1. The molecular formula is C16H19N3O2. The van der Waals surface area contributed by atoms with Gasteiger partial charge in [0.15, 0.2) is 0 Å². The van der Waals surface area contributed by atoms with E-state index >= 15 is 0 Å². The van der Waals surface area contributed by atoms with E-state index in [1.165, 1.54) is 0 Å². The second kappa shape index (κ2) is 5.99.